The number of hydrogen-bond acceptors (Lipinski definition) is 4. The average Bonchev–Trinajstić information content (AvgIpc) is 2.90. The van der Waals surface area contributed by atoms with Crippen molar-refractivity contribution in [3.05, 3.63) is 54.1 Å². The van der Waals surface area contributed by atoms with Gasteiger partial charge in [-0.1, -0.05) is 115 Å². The van der Waals surface area contributed by atoms with Gasteiger partial charge in [0.1, 0.15) is 5.75 Å². The van der Waals surface area contributed by atoms with Crippen molar-refractivity contribution in [2.24, 2.45) is 0 Å². The molecule has 4 heteroatoms. The van der Waals surface area contributed by atoms with Gasteiger partial charge in [0.25, 0.3) is 0 Å². The third-order valence-electron chi connectivity index (χ3n) is 6.51. The normalized spacial score (nSPS) is 10.8. The molecule has 2 aromatic rings. The molecule has 0 aromatic heterocycles. The van der Waals surface area contributed by atoms with E-state index in [1.165, 1.54) is 64.2 Å². The van der Waals surface area contributed by atoms with Gasteiger partial charge in [0, 0.05) is 6.42 Å². The first-order valence-electron chi connectivity index (χ1n) is 14.2. The SMILES string of the molecule is CCCCCCCCCCCCCCC(=O)Oc1ccc(-c2ccc(C(=O)OCCCC)cc2)cc1. The van der Waals surface area contributed by atoms with E-state index in [1.807, 2.05) is 36.4 Å². The van der Waals surface area contributed by atoms with E-state index >= 15 is 0 Å². The summed E-state index contributed by atoms with van der Waals surface area (Å²) in [5, 5.41) is 0. The Bertz CT molecular complexity index is 855. The van der Waals surface area contributed by atoms with Crippen molar-refractivity contribution in [3.8, 4) is 16.9 Å². The van der Waals surface area contributed by atoms with Crippen LogP contribution in [-0.4, -0.2) is 18.5 Å². The second kappa shape index (κ2) is 18.6. The fourth-order valence-corrected chi connectivity index (χ4v) is 4.20. The highest BCUT2D eigenvalue weighted by atomic mass is 16.5. The van der Waals surface area contributed by atoms with Gasteiger partial charge in [-0.15, -0.1) is 0 Å². The molecule has 0 amide bonds. The van der Waals surface area contributed by atoms with E-state index in [9.17, 15) is 9.59 Å². The molecule has 36 heavy (non-hydrogen) atoms. The zero-order valence-electron chi connectivity index (χ0n) is 22.6. The predicted octanol–water partition coefficient (Wildman–Crippen LogP) is 9.31. The second-order valence-electron chi connectivity index (χ2n) is 9.70. The van der Waals surface area contributed by atoms with Crippen molar-refractivity contribution < 1.29 is 19.1 Å². The summed E-state index contributed by atoms with van der Waals surface area (Å²) in [7, 11) is 0. The molecule has 0 saturated heterocycles. The maximum atomic E-state index is 12.2. The zero-order valence-corrected chi connectivity index (χ0v) is 22.6. The molecule has 0 unspecified atom stereocenters. The maximum absolute atomic E-state index is 12.2. The maximum Gasteiger partial charge on any atom is 0.338 e. The summed E-state index contributed by atoms with van der Waals surface area (Å²) in [5.41, 5.74) is 2.55. The standard InChI is InChI=1S/C32H46O4/c1-3-5-7-8-9-10-11-12-13-14-15-16-17-31(33)36-30-24-22-28(23-25-30)27-18-20-29(21-19-27)32(34)35-26-6-4-2/h18-25H,3-17,26H2,1-2H3. The molecule has 0 atom stereocenters. The van der Waals surface area contributed by atoms with Crippen LogP contribution in [-0.2, 0) is 9.53 Å². The van der Waals surface area contributed by atoms with E-state index in [0.717, 1.165) is 36.8 Å². The molecule has 0 aliphatic carbocycles. The molecule has 4 nitrogen and oxygen atoms in total. The summed E-state index contributed by atoms with van der Waals surface area (Å²) < 4.78 is 10.8. The Morgan fingerprint density at radius 1 is 0.583 bits per heavy atom. The van der Waals surface area contributed by atoms with Gasteiger partial charge >= 0.3 is 11.9 Å². The summed E-state index contributed by atoms with van der Waals surface area (Å²) in [4.78, 5) is 24.2. The Balaban J connectivity index is 1.60. The van der Waals surface area contributed by atoms with Crippen molar-refractivity contribution >= 4 is 11.9 Å². The first kappa shape index (κ1) is 29.6. The monoisotopic (exact) mass is 494 g/mol. The molecule has 0 fully saturated rings. The van der Waals surface area contributed by atoms with E-state index < -0.39 is 0 Å². The molecule has 198 valence electrons. The van der Waals surface area contributed by atoms with Crippen molar-refractivity contribution in [3.63, 3.8) is 0 Å². The number of ether oxygens (including phenoxy) is 2. The highest BCUT2D eigenvalue weighted by Gasteiger charge is 2.08. The first-order chi connectivity index (χ1) is 17.6. The van der Waals surface area contributed by atoms with E-state index in [4.69, 9.17) is 9.47 Å². The minimum Gasteiger partial charge on any atom is -0.462 e. The lowest BCUT2D eigenvalue weighted by Gasteiger charge is -2.08. The molecular weight excluding hydrogens is 448 g/mol. The van der Waals surface area contributed by atoms with Gasteiger partial charge in [-0.3, -0.25) is 4.79 Å². The van der Waals surface area contributed by atoms with Crippen molar-refractivity contribution in [1.29, 1.82) is 0 Å². The van der Waals surface area contributed by atoms with E-state index in [1.54, 1.807) is 12.1 Å². The third-order valence-corrected chi connectivity index (χ3v) is 6.51. The van der Waals surface area contributed by atoms with Gasteiger partial charge in [0.05, 0.1) is 12.2 Å². The summed E-state index contributed by atoms with van der Waals surface area (Å²) in [5.74, 6) is 0.116. The third kappa shape index (κ3) is 12.4. The highest BCUT2D eigenvalue weighted by Crippen LogP contribution is 2.23. The number of benzene rings is 2. The largest absolute Gasteiger partial charge is 0.462 e. The lowest BCUT2D eigenvalue weighted by Crippen LogP contribution is -2.07. The van der Waals surface area contributed by atoms with E-state index in [-0.39, 0.29) is 11.9 Å². The van der Waals surface area contributed by atoms with Gasteiger partial charge in [0.15, 0.2) is 0 Å². The van der Waals surface area contributed by atoms with E-state index in [2.05, 4.69) is 13.8 Å². The molecule has 0 heterocycles. The van der Waals surface area contributed by atoms with Gasteiger partial charge in [0.2, 0.25) is 0 Å². The summed E-state index contributed by atoms with van der Waals surface area (Å²) in [6, 6.07) is 14.9. The Morgan fingerprint density at radius 2 is 1.06 bits per heavy atom. The van der Waals surface area contributed by atoms with Crippen molar-refractivity contribution in [1.82, 2.24) is 0 Å². The number of hydrogen-bond donors (Lipinski definition) is 0. The molecule has 0 radical (unpaired) electrons. The molecule has 0 spiro atoms. The summed E-state index contributed by atoms with van der Waals surface area (Å²) in [6.07, 6.45) is 17.7. The topological polar surface area (TPSA) is 52.6 Å². The summed E-state index contributed by atoms with van der Waals surface area (Å²) >= 11 is 0. The number of rotatable bonds is 19. The number of carbonyl (C=O) groups is 2. The molecular formula is C32H46O4. The Morgan fingerprint density at radius 3 is 1.58 bits per heavy atom. The molecule has 0 bridgehead atoms. The van der Waals surface area contributed by atoms with Crippen LogP contribution in [0.25, 0.3) is 11.1 Å². The van der Waals surface area contributed by atoms with Crippen LogP contribution in [0.3, 0.4) is 0 Å². The molecule has 0 aliphatic rings. The highest BCUT2D eigenvalue weighted by molar-refractivity contribution is 5.90. The zero-order chi connectivity index (χ0) is 25.8. The Kier molecular flexibility index (Phi) is 15.3. The smallest absolute Gasteiger partial charge is 0.338 e. The van der Waals surface area contributed by atoms with Crippen LogP contribution in [0, 0.1) is 0 Å². The van der Waals surface area contributed by atoms with Crippen LogP contribution < -0.4 is 4.74 Å². The minimum atomic E-state index is -0.287. The molecule has 2 rings (SSSR count). The summed E-state index contributed by atoms with van der Waals surface area (Å²) in [6.45, 7) is 4.78. The number of esters is 2. The lowest BCUT2D eigenvalue weighted by atomic mass is 10.0. The van der Waals surface area contributed by atoms with Crippen molar-refractivity contribution in [2.75, 3.05) is 6.61 Å². The molecule has 0 N–H and O–H groups in total. The van der Waals surface area contributed by atoms with Gasteiger partial charge in [-0.05, 0) is 48.2 Å². The average molecular weight is 495 g/mol. The van der Waals surface area contributed by atoms with E-state index in [0.29, 0.717) is 24.3 Å². The quantitative estimate of drug-likeness (QED) is 0.111. The van der Waals surface area contributed by atoms with Crippen LogP contribution in [0.15, 0.2) is 48.5 Å². The molecule has 0 aliphatic heterocycles. The van der Waals surface area contributed by atoms with Crippen LogP contribution >= 0.6 is 0 Å². The van der Waals surface area contributed by atoms with Crippen LogP contribution in [0.2, 0.25) is 0 Å². The van der Waals surface area contributed by atoms with Gasteiger partial charge < -0.3 is 9.47 Å². The van der Waals surface area contributed by atoms with Gasteiger partial charge in [-0.2, -0.15) is 0 Å². The second-order valence-corrected chi connectivity index (χ2v) is 9.70. The fraction of sp³-hybridized carbons (Fsp3) is 0.562. The van der Waals surface area contributed by atoms with Crippen LogP contribution in [0.1, 0.15) is 121 Å². The minimum absolute atomic E-state index is 0.166. The Hall–Kier alpha value is -2.62. The van der Waals surface area contributed by atoms with Crippen LogP contribution in [0.5, 0.6) is 5.75 Å². The first-order valence-corrected chi connectivity index (χ1v) is 14.2. The lowest BCUT2D eigenvalue weighted by molar-refractivity contribution is -0.134. The van der Waals surface area contributed by atoms with Crippen LogP contribution in [0.4, 0.5) is 0 Å². The fourth-order valence-electron chi connectivity index (χ4n) is 4.20. The number of carbonyl (C=O) groups excluding carboxylic acids is 2. The predicted molar refractivity (Wildman–Crippen MR) is 148 cm³/mol. The molecule has 2 aromatic carbocycles. The van der Waals surface area contributed by atoms with Crippen molar-refractivity contribution in [2.45, 2.75) is 110 Å². The Labute approximate surface area is 218 Å². The van der Waals surface area contributed by atoms with Gasteiger partial charge in [-0.25, -0.2) is 4.79 Å². The molecule has 0 saturated carbocycles. The number of unbranched alkanes of at least 4 members (excludes halogenated alkanes) is 12.